The van der Waals surface area contributed by atoms with Crippen molar-refractivity contribution in [3.8, 4) is 5.75 Å². The first-order valence-corrected chi connectivity index (χ1v) is 12.9. The van der Waals surface area contributed by atoms with Crippen molar-refractivity contribution in [3.63, 3.8) is 0 Å². The quantitative estimate of drug-likeness (QED) is 0.589. The van der Waals surface area contributed by atoms with Crippen molar-refractivity contribution >= 4 is 23.5 Å². The number of nitrogens with two attached hydrogens (primary N) is 1. The molecular formula is C26H39N5O3. The fraction of sp³-hybridized carbons (Fsp3) is 0.654. The zero-order valence-corrected chi connectivity index (χ0v) is 20.5. The maximum Gasteiger partial charge on any atom is 0.242 e. The summed E-state index contributed by atoms with van der Waals surface area (Å²) in [5, 5.41) is 0. The van der Waals surface area contributed by atoms with E-state index in [-0.39, 0.29) is 18.4 Å². The van der Waals surface area contributed by atoms with Crippen molar-refractivity contribution in [3.05, 3.63) is 23.8 Å². The van der Waals surface area contributed by atoms with Gasteiger partial charge in [0.15, 0.2) is 5.96 Å². The minimum Gasteiger partial charge on any atom is -0.494 e. The smallest absolute Gasteiger partial charge is 0.242 e. The lowest BCUT2D eigenvalue weighted by Crippen LogP contribution is -2.47. The van der Waals surface area contributed by atoms with E-state index in [2.05, 4.69) is 4.99 Å². The number of carbonyl (C=O) groups excluding carboxylic acids is 2. The number of fused-ring (bicyclic) bond motifs is 1. The molecule has 2 amide bonds. The molecule has 1 aromatic carbocycles. The monoisotopic (exact) mass is 469 g/mol. The number of benzene rings is 1. The third kappa shape index (κ3) is 6.21. The van der Waals surface area contributed by atoms with Gasteiger partial charge in [-0.2, -0.15) is 0 Å². The molecule has 0 radical (unpaired) electrons. The van der Waals surface area contributed by atoms with Gasteiger partial charge >= 0.3 is 0 Å². The van der Waals surface area contributed by atoms with E-state index in [4.69, 9.17) is 10.5 Å². The van der Waals surface area contributed by atoms with Crippen molar-refractivity contribution in [1.29, 1.82) is 0 Å². The second-order valence-electron chi connectivity index (χ2n) is 9.81. The molecule has 1 aliphatic carbocycles. The number of likely N-dealkylation sites (tertiary alicyclic amines) is 1. The molecule has 1 saturated heterocycles. The molecule has 1 saturated carbocycles. The summed E-state index contributed by atoms with van der Waals surface area (Å²) < 4.78 is 5.94. The number of amides is 2. The van der Waals surface area contributed by atoms with Gasteiger partial charge in [0.05, 0.1) is 12.3 Å². The van der Waals surface area contributed by atoms with Gasteiger partial charge in [-0.25, -0.2) is 4.99 Å². The number of rotatable bonds is 8. The molecule has 2 heterocycles. The first kappa shape index (κ1) is 24.4. The van der Waals surface area contributed by atoms with E-state index in [9.17, 15) is 9.59 Å². The Morgan fingerprint density at radius 2 is 1.85 bits per heavy atom. The largest absolute Gasteiger partial charge is 0.494 e. The van der Waals surface area contributed by atoms with Crippen molar-refractivity contribution < 1.29 is 14.3 Å². The van der Waals surface area contributed by atoms with Gasteiger partial charge in [-0.1, -0.05) is 19.3 Å². The van der Waals surface area contributed by atoms with Gasteiger partial charge in [-0.05, 0) is 56.7 Å². The maximum atomic E-state index is 12.7. The predicted molar refractivity (Wildman–Crippen MR) is 133 cm³/mol. The molecule has 8 nitrogen and oxygen atoms in total. The lowest BCUT2D eigenvalue weighted by Gasteiger charge is -2.32. The molecule has 0 unspecified atom stereocenters. The van der Waals surface area contributed by atoms with Crippen LogP contribution in [0.25, 0.3) is 0 Å². The van der Waals surface area contributed by atoms with Crippen LogP contribution in [-0.4, -0.2) is 71.8 Å². The van der Waals surface area contributed by atoms with Crippen molar-refractivity contribution in [2.45, 2.75) is 76.8 Å². The molecule has 2 N–H and O–H groups in total. The van der Waals surface area contributed by atoms with Crippen LogP contribution in [0.15, 0.2) is 23.2 Å². The van der Waals surface area contributed by atoms with Gasteiger partial charge in [-0.15, -0.1) is 0 Å². The number of guanidine groups is 1. The summed E-state index contributed by atoms with van der Waals surface area (Å²) >= 11 is 0. The van der Waals surface area contributed by atoms with Crippen molar-refractivity contribution in [2.24, 2.45) is 10.7 Å². The minimum atomic E-state index is 0.108. The second kappa shape index (κ2) is 11.6. The fourth-order valence-electron chi connectivity index (χ4n) is 5.17. The van der Waals surface area contributed by atoms with Gasteiger partial charge in [0.25, 0.3) is 0 Å². The molecule has 0 bridgehead atoms. The highest BCUT2D eigenvalue weighted by atomic mass is 16.5. The lowest BCUT2D eigenvalue weighted by atomic mass is 9.94. The molecule has 0 atom stereocenters. The SMILES string of the molecule is CN(C(=O)CCCOc1ccc2c(c1)CN(CC(=O)N1CCCCC1)C(N)=N2)C1CCCCC1. The lowest BCUT2D eigenvalue weighted by molar-refractivity contribution is -0.133. The highest BCUT2D eigenvalue weighted by Crippen LogP contribution is 2.29. The van der Waals surface area contributed by atoms with E-state index in [0.29, 0.717) is 38.0 Å². The van der Waals surface area contributed by atoms with Gasteiger partial charge in [0.2, 0.25) is 11.8 Å². The first-order chi connectivity index (χ1) is 16.5. The van der Waals surface area contributed by atoms with E-state index in [1.807, 2.05) is 39.9 Å². The van der Waals surface area contributed by atoms with Gasteiger partial charge < -0.3 is 25.2 Å². The zero-order chi connectivity index (χ0) is 23.9. The molecule has 3 aliphatic rings. The molecular weight excluding hydrogens is 430 g/mol. The number of hydrogen-bond acceptors (Lipinski definition) is 6. The van der Waals surface area contributed by atoms with Crippen molar-refractivity contribution in [2.75, 3.05) is 33.3 Å². The summed E-state index contributed by atoms with van der Waals surface area (Å²) in [7, 11) is 1.94. The molecule has 0 aromatic heterocycles. The summed E-state index contributed by atoms with van der Waals surface area (Å²) in [6, 6.07) is 6.17. The molecule has 1 aromatic rings. The molecule has 0 spiro atoms. The summed E-state index contributed by atoms with van der Waals surface area (Å²) in [6.45, 7) is 2.93. The fourth-order valence-corrected chi connectivity index (χ4v) is 5.17. The van der Waals surface area contributed by atoms with Crippen LogP contribution in [0.4, 0.5) is 5.69 Å². The normalized spacial score (nSPS) is 18.8. The average Bonchev–Trinajstić information content (AvgIpc) is 2.87. The molecule has 186 valence electrons. The maximum absolute atomic E-state index is 12.7. The van der Waals surface area contributed by atoms with Crippen molar-refractivity contribution in [1.82, 2.24) is 14.7 Å². The number of piperidine rings is 1. The van der Waals surface area contributed by atoms with Crippen LogP contribution in [0, 0.1) is 0 Å². The highest BCUT2D eigenvalue weighted by molar-refractivity contribution is 5.88. The third-order valence-electron chi connectivity index (χ3n) is 7.33. The molecule has 2 fully saturated rings. The Hall–Kier alpha value is -2.77. The number of ether oxygens (including phenoxy) is 1. The van der Waals surface area contributed by atoms with E-state index in [1.165, 1.54) is 25.7 Å². The Bertz CT molecular complexity index is 890. The second-order valence-corrected chi connectivity index (χ2v) is 9.81. The average molecular weight is 470 g/mol. The standard InChI is InChI=1S/C26H39N5O3/c1-29(21-9-4-2-5-10-21)24(32)11-8-16-34-22-12-13-23-20(17-22)18-31(26(27)28-23)19-25(33)30-14-6-3-7-15-30/h12-13,17,21H,2-11,14-16,18-19H2,1H3,(H2,27,28). The minimum absolute atomic E-state index is 0.108. The van der Waals surface area contributed by atoms with E-state index in [0.717, 1.165) is 55.8 Å². The number of hydrogen-bond donors (Lipinski definition) is 1. The van der Waals surface area contributed by atoms with E-state index >= 15 is 0 Å². The molecule has 34 heavy (non-hydrogen) atoms. The third-order valence-corrected chi connectivity index (χ3v) is 7.33. The Labute approximate surface area is 203 Å². The number of nitrogens with zero attached hydrogens (tertiary/aromatic N) is 4. The number of carbonyl (C=O) groups is 2. The van der Waals surface area contributed by atoms with Crippen LogP contribution < -0.4 is 10.5 Å². The Morgan fingerprint density at radius 3 is 2.62 bits per heavy atom. The molecule has 2 aliphatic heterocycles. The summed E-state index contributed by atoms with van der Waals surface area (Å²) in [5.74, 6) is 1.45. The van der Waals surface area contributed by atoms with Gasteiger partial charge in [0, 0.05) is 44.7 Å². The van der Waals surface area contributed by atoms with Gasteiger partial charge in [0.1, 0.15) is 12.3 Å². The first-order valence-electron chi connectivity index (χ1n) is 12.9. The Kier molecular flexibility index (Phi) is 8.29. The Balaban J connectivity index is 1.25. The molecule has 4 rings (SSSR count). The molecule has 8 heteroatoms. The Morgan fingerprint density at radius 1 is 1.12 bits per heavy atom. The van der Waals surface area contributed by atoms with Crippen LogP contribution in [0.5, 0.6) is 5.75 Å². The summed E-state index contributed by atoms with van der Waals surface area (Å²) in [4.78, 5) is 35.4. The van der Waals surface area contributed by atoms with Crippen LogP contribution in [-0.2, 0) is 16.1 Å². The van der Waals surface area contributed by atoms with Crippen LogP contribution in [0.3, 0.4) is 0 Å². The summed E-state index contributed by atoms with van der Waals surface area (Å²) in [5.41, 5.74) is 7.96. The van der Waals surface area contributed by atoms with Gasteiger partial charge in [-0.3, -0.25) is 9.59 Å². The number of aliphatic imine (C=N–C) groups is 1. The van der Waals surface area contributed by atoms with Crippen LogP contribution >= 0.6 is 0 Å². The predicted octanol–water partition coefficient (Wildman–Crippen LogP) is 3.41. The zero-order valence-electron chi connectivity index (χ0n) is 20.5. The van der Waals surface area contributed by atoms with E-state index in [1.54, 1.807) is 0 Å². The summed E-state index contributed by atoms with van der Waals surface area (Å²) in [6.07, 6.45) is 10.5. The van der Waals surface area contributed by atoms with E-state index < -0.39 is 0 Å². The topological polar surface area (TPSA) is 91.5 Å². The highest BCUT2D eigenvalue weighted by Gasteiger charge is 2.24. The van der Waals surface area contributed by atoms with Crippen LogP contribution in [0.2, 0.25) is 0 Å². The van der Waals surface area contributed by atoms with Crippen LogP contribution in [0.1, 0.15) is 69.8 Å².